The molecule has 0 aromatic heterocycles. The van der Waals surface area contributed by atoms with E-state index in [9.17, 15) is 14.9 Å². The Bertz CT molecular complexity index is 703. The molecule has 0 aliphatic rings. The fourth-order valence-electron chi connectivity index (χ4n) is 1.77. The highest BCUT2D eigenvalue weighted by atomic mass is 35.5. The molecule has 0 aliphatic heterocycles. The third kappa shape index (κ3) is 3.29. The fraction of sp³-hybridized carbons (Fsp3) is 0.0714. The standard InChI is InChI=1S/C14H11ClN2O4/c1-21-13-7-6-9(8-11(13)15)16-14(18)10-4-2-3-5-12(10)17(19)20/h2-8H,1H3,(H,16,18). The second-order valence-corrected chi connectivity index (χ2v) is 4.48. The van der Waals surface area contributed by atoms with Crippen molar-refractivity contribution in [2.75, 3.05) is 12.4 Å². The molecule has 0 aliphatic carbocycles. The Morgan fingerprint density at radius 3 is 2.62 bits per heavy atom. The van der Waals surface area contributed by atoms with Crippen LogP contribution >= 0.6 is 11.6 Å². The highest BCUT2D eigenvalue weighted by molar-refractivity contribution is 6.32. The molecule has 0 bridgehead atoms. The lowest BCUT2D eigenvalue weighted by Gasteiger charge is -2.08. The van der Waals surface area contributed by atoms with Gasteiger partial charge in [-0.2, -0.15) is 0 Å². The van der Waals surface area contributed by atoms with Gasteiger partial charge in [0.25, 0.3) is 11.6 Å². The summed E-state index contributed by atoms with van der Waals surface area (Å²) in [6.07, 6.45) is 0. The summed E-state index contributed by atoms with van der Waals surface area (Å²) in [5, 5.41) is 13.8. The molecule has 2 aromatic carbocycles. The van der Waals surface area contributed by atoms with Crippen molar-refractivity contribution in [3.8, 4) is 5.75 Å². The van der Waals surface area contributed by atoms with Crippen LogP contribution in [0.3, 0.4) is 0 Å². The summed E-state index contributed by atoms with van der Waals surface area (Å²) in [4.78, 5) is 22.4. The maximum atomic E-state index is 12.1. The Labute approximate surface area is 125 Å². The number of nitro benzene ring substituents is 1. The molecular formula is C14H11ClN2O4. The first-order valence-corrected chi connectivity index (χ1v) is 6.29. The highest BCUT2D eigenvalue weighted by Crippen LogP contribution is 2.28. The minimum Gasteiger partial charge on any atom is -0.495 e. The lowest BCUT2D eigenvalue weighted by molar-refractivity contribution is -0.385. The van der Waals surface area contributed by atoms with Crippen LogP contribution in [-0.2, 0) is 0 Å². The average molecular weight is 307 g/mol. The molecule has 0 heterocycles. The number of carbonyl (C=O) groups is 1. The molecule has 2 rings (SSSR count). The number of rotatable bonds is 4. The van der Waals surface area contributed by atoms with Crippen molar-refractivity contribution in [1.29, 1.82) is 0 Å². The van der Waals surface area contributed by atoms with E-state index in [0.717, 1.165) is 0 Å². The van der Waals surface area contributed by atoms with Gasteiger partial charge in [0.2, 0.25) is 0 Å². The summed E-state index contributed by atoms with van der Waals surface area (Å²) in [5.74, 6) is -0.108. The predicted octanol–water partition coefficient (Wildman–Crippen LogP) is 3.51. The fourth-order valence-corrected chi connectivity index (χ4v) is 2.03. The van der Waals surface area contributed by atoms with Crippen LogP contribution < -0.4 is 10.1 Å². The number of nitrogens with zero attached hydrogens (tertiary/aromatic N) is 1. The van der Waals surface area contributed by atoms with Crippen LogP contribution in [0.2, 0.25) is 5.02 Å². The molecule has 0 fully saturated rings. The van der Waals surface area contributed by atoms with E-state index < -0.39 is 10.8 Å². The second-order valence-electron chi connectivity index (χ2n) is 4.08. The number of nitrogens with one attached hydrogen (secondary N) is 1. The van der Waals surface area contributed by atoms with E-state index in [-0.39, 0.29) is 11.3 Å². The highest BCUT2D eigenvalue weighted by Gasteiger charge is 2.19. The zero-order valence-electron chi connectivity index (χ0n) is 11.0. The third-order valence-corrected chi connectivity index (χ3v) is 3.05. The van der Waals surface area contributed by atoms with E-state index in [1.54, 1.807) is 18.2 Å². The Balaban J connectivity index is 2.26. The van der Waals surface area contributed by atoms with Crippen molar-refractivity contribution in [1.82, 2.24) is 0 Å². The minimum atomic E-state index is -0.601. The van der Waals surface area contributed by atoms with Gasteiger partial charge in [0, 0.05) is 11.8 Å². The molecule has 0 unspecified atom stereocenters. The molecule has 0 saturated heterocycles. The quantitative estimate of drug-likeness (QED) is 0.692. The van der Waals surface area contributed by atoms with E-state index in [4.69, 9.17) is 16.3 Å². The van der Waals surface area contributed by atoms with Crippen molar-refractivity contribution in [2.24, 2.45) is 0 Å². The lowest BCUT2D eigenvalue weighted by Crippen LogP contribution is -2.13. The van der Waals surface area contributed by atoms with Gasteiger partial charge in [-0.15, -0.1) is 0 Å². The van der Waals surface area contributed by atoms with Gasteiger partial charge in [-0.1, -0.05) is 23.7 Å². The van der Waals surface area contributed by atoms with Gasteiger partial charge in [0.05, 0.1) is 17.1 Å². The monoisotopic (exact) mass is 306 g/mol. The topological polar surface area (TPSA) is 81.5 Å². The lowest BCUT2D eigenvalue weighted by atomic mass is 10.1. The summed E-state index contributed by atoms with van der Waals surface area (Å²) < 4.78 is 5.01. The zero-order valence-corrected chi connectivity index (χ0v) is 11.8. The Kier molecular flexibility index (Phi) is 4.39. The average Bonchev–Trinajstić information content (AvgIpc) is 2.47. The normalized spacial score (nSPS) is 10.0. The molecular weight excluding hydrogens is 296 g/mol. The van der Waals surface area contributed by atoms with Gasteiger partial charge in [-0.3, -0.25) is 14.9 Å². The van der Waals surface area contributed by atoms with Gasteiger partial charge >= 0.3 is 0 Å². The summed E-state index contributed by atoms with van der Waals surface area (Å²) in [5.41, 5.74) is 0.146. The maximum absolute atomic E-state index is 12.1. The van der Waals surface area contributed by atoms with Crippen LogP contribution in [-0.4, -0.2) is 17.9 Å². The van der Waals surface area contributed by atoms with Crippen molar-refractivity contribution in [3.63, 3.8) is 0 Å². The second kappa shape index (κ2) is 6.23. The molecule has 1 N–H and O–H groups in total. The van der Waals surface area contributed by atoms with E-state index in [1.165, 1.54) is 31.4 Å². The van der Waals surface area contributed by atoms with E-state index in [2.05, 4.69) is 5.32 Å². The van der Waals surface area contributed by atoms with Gasteiger partial charge < -0.3 is 10.1 Å². The van der Waals surface area contributed by atoms with Crippen LogP contribution in [0.25, 0.3) is 0 Å². The van der Waals surface area contributed by atoms with E-state index >= 15 is 0 Å². The number of carbonyl (C=O) groups excluding carboxylic acids is 1. The van der Waals surface area contributed by atoms with Crippen molar-refractivity contribution < 1.29 is 14.5 Å². The molecule has 6 nitrogen and oxygen atoms in total. The van der Waals surface area contributed by atoms with E-state index in [1.807, 2.05) is 0 Å². The number of para-hydroxylation sites is 1. The Morgan fingerprint density at radius 1 is 1.29 bits per heavy atom. The maximum Gasteiger partial charge on any atom is 0.282 e. The molecule has 21 heavy (non-hydrogen) atoms. The minimum absolute atomic E-state index is 0.0190. The smallest absolute Gasteiger partial charge is 0.282 e. The van der Waals surface area contributed by atoms with Crippen molar-refractivity contribution >= 4 is 28.9 Å². The molecule has 0 spiro atoms. The third-order valence-electron chi connectivity index (χ3n) is 2.76. The van der Waals surface area contributed by atoms with Gasteiger partial charge in [0.15, 0.2) is 0 Å². The van der Waals surface area contributed by atoms with Crippen LogP contribution in [0.1, 0.15) is 10.4 Å². The molecule has 108 valence electrons. The summed E-state index contributed by atoms with van der Waals surface area (Å²) in [6, 6.07) is 10.4. The van der Waals surface area contributed by atoms with Gasteiger partial charge in [-0.05, 0) is 24.3 Å². The first-order chi connectivity index (χ1) is 10.0. The Hall–Kier alpha value is -2.60. The number of anilines is 1. The predicted molar refractivity (Wildman–Crippen MR) is 79.1 cm³/mol. The van der Waals surface area contributed by atoms with Crippen LogP contribution in [0.15, 0.2) is 42.5 Å². The molecule has 2 aromatic rings. The van der Waals surface area contributed by atoms with Crippen molar-refractivity contribution in [3.05, 3.63) is 63.2 Å². The number of nitro groups is 1. The number of methoxy groups -OCH3 is 1. The largest absolute Gasteiger partial charge is 0.495 e. The Morgan fingerprint density at radius 2 is 2.00 bits per heavy atom. The number of amides is 1. The van der Waals surface area contributed by atoms with Crippen LogP contribution in [0, 0.1) is 10.1 Å². The first kappa shape index (κ1) is 14.8. The molecule has 1 amide bonds. The summed E-state index contributed by atoms with van der Waals surface area (Å²) in [7, 11) is 1.48. The van der Waals surface area contributed by atoms with Gasteiger partial charge in [0.1, 0.15) is 11.3 Å². The molecule has 0 radical (unpaired) electrons. The van der Waals surface area contributed by atoms with Crippen molar-refractivity contribution in [2.45, 2.75) is 0 Å². The van der Waals surface area contributed by atoms with Gasteiger partial charge in [-0.25, -0.2) is 0 Å². The number of benzene rings is 2. The molecule has 7 heteroatoms. The summed E-state index contributed by atoms with van der Waals surface area (Å²) >= 11 is 5.96. The van der Waals surface area contributed by atoms with Crippen LogP contribution in [0.5, 0.6) is 5.75 Å². The number of halogens is 1. The number of ether oxygens (including phenoxy) is 1. The summed E-state index contributed by atoms with van der Waals surface area (Å²) in [6.45, 7) is 0. The zero-order chi connectivity index (χ0) is 15.4. The number of hydrogen-bond acceptors (Lipinski definition) is 4. The first-order valence-electron chi connectivity index (χ1n) is 5.91. The number of hydrogen-bond donors (Lipinski definition) is 1. The van der Waals surface area contributed by atoms with E-state index in [0.29, 0.717) is 16.5 Å². The SMILES string of the molecule is COc1ccc(NC(=O)c2ccccc2[N+](=O)[O-])cc1Cl. The van der Waals surface area contributed by atoms with Crippen LogP contribution in [0.4, 0.5) is 11.4 Å². The molecule has 0 saturated carbocycles. The molecule has 0 atom stereocenters.